The lowest BCUT2D eigenvalue weighted by Gasteiger charge is -2.19. The van der Waals surface area contributed by atoms with Crippen molar-refractivity contribution in [2.75, 3.05) is 20.6 Å². The van der Waals surface area contributed by atoms with Gasteiger partial charge in [0.25, 0.3) is 0 Å². The zero-order valence-electron chi connectivity index (χ0n) is 8.72. The fourth-order valence-electron chi connectivity index (χ4n) is 1.55. The van der Waals surface area contributed by atoms with Crippen LogP contribution in [0, 0.1) is 11.8 Å². The first-order valence-corrected chi connectivity index (χ1v) is 4.71. The molecule has 0 bridgehead atoms. The summed E-state index contributed by atoms with van der Waals surface area (Å²) >= 11 is 0. The van der Waals surface area contributed by atoms with Gasteiger partial charge in [-0.25, -0.2) is 0 Å². The van der Waals surface area contributed by atoms with Crippen molar-refractivity contribution in [2.24, 2.45) is 11.8 Å². The lowest BCUT2D eigenvalue weighted by atomic mass is 9.95. The van der Waals surface area contributed by atoms with E-state index in [2.05, 4.69) is 39.8 Å². The van der Waals surface area contributed by atoms with Crippen LogP contribution in [0.1, 0.15) is 33.6 Å². The average Bonchev–Trinajstić information content (AvgIpc) is 1.85. The lowest BCUT2D eigenvalue weighted by molar-refractivity contribution is 0.297. The predicted molar refractivity (Wildman–Crippen MR) is 51.8 cm³/mol. The molecule has 0 heterocycles. The molecule has 0 amide bonds. The summed E-state index contributed by atoms with van der Waals surface area (Å²) in [6.07, 6.45) is 2.69. The molecule has 2 atom stereocenters. The van der Waals surface area contributed by atoms with Crippen LogP contribution in [-0.2, 0) is 0 Å². The lowest BCUT2D eigenvalue weighted by Crippen LogP contribution is -2.21. The Balaban J connectivity index is 3.43. The highest BCUT2D eigenvalue weighted by atomic mass is 15.1. The van der Waals surface area contributed by atoms with Gasteiger partial charge < -0.3 is 4.90 Å². The van der Waals surface area contributed by atoms with Gasteiger partial charge in [0.1, 0.15) is 0 Å². The molecular formula is C10H23N. The molecule has 0 rings (SSSR count). The molecule has 0 aromatic carbocycles. The van der Waals surface area contributed by atoms with Crippen molar-refractivity contribution in [1.82, 2.24) is 4.90 Å². The minimum atomic E-state index is 0.847. The molecule has 0 radical (unpaired) electrons. The first-order chi connectivity index (χ1) is 5.06. The van der Waals surface area contributed by atoms with Gasteiger partial charge in [-0.05, 0) is 32.4 Å². The average molecular weight is 157 g/mol. The molecule has 0 aliphatic rings. The van der Waals surface area contributed by atoms with Gasteiger partial charge in [-0.15, -0.1) is 0 Å². The summed E-state index contributed by atoms with van der Waals surface area (Å²) in [7, 11) is 4.29. The number of hydrogen-bond donors (Lipinski definition) is 0. The summed E-state index contributed by atoms with van der Waals surface area (Å²) in [6.45, 7) is 8.18. The minimum Gasteiger partial charge on any atom is -0.309 e. The molecule has 0 aromatic rings. The third-order valence-electron chi connectivity index (χ3n) is 2.18. The van der Waals surface area contributed by atoms with E-state index in [4.69, 9.17) is 0 Å². The van der Waals surface area contributed by atoms with Crippen LogP contribution < -0.4 is 0 Å². The second-order valence-corrected chi connectivity index (χ2v) is 4.12. The van der Waals surface area contributed by atoms with Crippen molar-refractivity contribution in [1.29, 1.82) is 0 Å². The summed E-state index contributed by atoms with van der Waals surface area (Å²) in [4.78, 5) is 2.27. The van der Waals surface area contributed by atoms with Crippen LogP contribution in [0.15, 0.2) is 0 Å². The molecule has 1 nitrogen and oxygen atoms in total. The Labute approximate surface area is 71.8 Å². The number of rotatable bonds is 5. The van der Waals surface area contributed by atoms with Gasteiger partial charge in [0.05, 0.1) is 0 Å². The van der Waals surface area contributed by atoms with E-state index in [9.17, 15) is 0 Å². The molecule has 0 aromatic heterocycles. The molecule has 0 N–H and O–H groups in total. The van der Waals surface area contributed by atoms with Crippen LogP contribution in [0.25, 0.3) is 0 Å². The zero-order valence-corrected chi connectivity index (χ0v) is 8.72. The molecule has 68 valence electrons. The van der Waals surface area contributed by atoms with E-state index in [0.717, 1.165) is 11.8 Å². The predicted octanol–water partition coefficient (Wildman–Crippen LogP) is 2.62. The van der Waals surface area contributed by atoms with Crippen molar-refractivity contribution in [3.8, 4) is 0 Å². The molecule has 1 heteroatoms. The first-order valence-electron chi connectivity index (χ1n) is 4.71. The maximum atomic E-state index is 2.34. The highest BCUT2D eigenvalue weighted by Crippen LogP contribution is 2.14. The molecule has 0 spiro atoms. The van der Waals surface area contributed by atoms with E-state index in [0.29, 0.717) is 0 Å². The van der Waals surface area contributed by atoms with Crippen LogP contribution in [0.4, 0.5) is 0 Å². The molecule has 2 unspecified atom stereocenters. The summed E-state index contributed by atoms with van der Waals surface area (Å²) < 4.78 is 0. The Morgan fingerprint density at radius 3 is 2.00 bits per heavy atom. The van der Waals surface area contributed by atoms with Gasteiger partial charge >= 0.3 is 0 Å². The van der Waals surface area contributed by atoms with Gasteiger partial charge in [-0.1, -0.05) is 27.2 Å². The normalized spacial score (nSPS) is 16.9. The fourth-order valence-corrected chi connectivity index (χ4v) is 1.55. The van der Waals surface area contributed by atoms with Crippen LogP contribution in [0.5, 0.6) is 0 Å². The monoisotopic (exact) mass is 157 g/mol. The minimum absolute atomic E-state index is 0.847. The maximum Gasteiger partial charge on any atom is 0.000102 e. The molecule has 0 fully saturated rings. The van der Waals surface area contributed by atoms with Crippen LogP contribution in [0.3, 0.4) is 0 Å². The quantitative estimate of drug-likeness (QED) is 0.593. The zero-order chi connectivity index (χ0) is 8.85. The van der Waals surface area contributed by atoms with E-state index in [1.807, 2.05) is 0 Å². The van der Waals surface area contributed by atoms with E-state index in [1.54, 1.807) is 0 Å². The smallest absolute Gasteiger partial charge is 0.000102 e. The Morgan fingerprint density at radius 1 is 1.09 bits per heavy atom. The van der Waals surface area contributed by atoms with Crippen LogP contribution in [-0.4, -0.2) is 25.5 Å². The molecule has 0 aliphatic heterocycles. The topological polar surface area (TPSA) is 3.24 Å². The summed E-state index contributed by atoms with van der Waals surface area (Å²) in [5, 5.41) is 0. The van der Waals surface area contributed by atoms with Gasteiger partial charge in [0.15, 0.2) is 0 Å². The van der Waals surface area contributed by atoms with Gasteiger partial charge in [0.2, 0.25) is 0 Å². The fraction of sp³-hybridized carbons (Fsp3) is 1.00. The number of nitrogens with zero attached hydrogens (tertiary/aromatic N) is 1. The van der Waals surface area contributed by atoms with Crippen molar-refractivity contribution in [3.05, 3.63) is 0 Å². The molecule has 0 aliphatic carbocycles. The van der Waals surface area contributed by atoms with E-state index in [1.165, 1.54) is 19.4 Å². The van der Waals surface area contributed by atoms with E-state index < -0.39 is 0 Å². The number of hydrogen-bond acceptors (Lipinski definition) is 1. The highest BCUT2D eigenvalue weighted by molar-refractivity contribution is 4.60. The van der Waals surface area contributed by atoms with Crippen molar-refractivity contribution in [3.63, 3.8) is 0 Å². The Bertz CT molecular complexity index is 88.9. The van der Waals surface area contributed by atoms with Gasteiger partial charge in [-0.2, -0.15) is 0 Å². The summed E-state index contributed by atoms with van der Waals surface area (Å²) in [6, 6.07) is 0. The Morgan fingerprint density at radius 2 is 1.64 bits per heavy atom. The second kappa shape index (κ2) is 5.59. The Kier molecular flexibility index (Phi) is 5.57. The maximum absolute atomic E-state index is 2.34. The molecule has 0 saturated heterocycles. The summed E-state index contributed by atoms with van der Waals surface area (Å²) in [5.74, 6) is 1.74. The Hall–Kier alpha value is -0.0400. The third-order valence-corrected chi connectivity index (χ3v) is 2.18. The molecule has 11 heavy (non-hydrogen) atoms. The van der Waals surface area contributed by atoms with E-state index in [-0.39, 0.29) is 0 Å². The van der Waals surface area contributed by atoms with Crippen molar-refractivity contribution in [2.45, 2.75) is 33.6 Å². The SMILES string of the molecule is CCC(C)CC(C)CN(C)C. The second-order valence-electron chi connectivity index (χ2n) is 4.12. The van der Waals surface area contributed by atoms with Crippen molar-refractivity contribution >= 4 is 0 Å². The molecule has 0 saturated carbocycles. The van der Waals surface area contributed by atoms with Crippen LogP contribution >= 0.6 is 0 Å². The van der Waals surface area contributed by atoms with E-state index >= 15 is 0 Å². The highest BCUT2D eigenvalue weighted by Gasteiger charge is 2.07. The third kappa shape index (κ3) is 6.36. The van der Waals surface area contributed by atoms with Gasteiger partial charge in [0, 0.05) is 6.54 Å². The standard InChI is InChI=1S/C10H23N/c1-6-9(2)7-10(3)8-11(4)5/h9-10H,6-8H2,1-5H3. The van der Waals surface area contributed by atoms with Crippen LogP contribution in [0.2, 0.25) is 0 Å². The largest absolute Gasteiger partial charge is 0.309 e. The first kappa shape index (κ1) is 11.0. The molecular weight excluding hydrogens is 134 g/mol. The summed E-state index contributed by atoms with van der Waals surface area (Å²) in [5.41, 5.74) is 0. The van der Waals surface area contributed by atoms with Crippen molar-refractivity contribution < 1.29 is 0 Å². The van der Waals surface area contributed by atoms with Gasteiger partial charge in [-0.3, -0.25) is 0 Å².